The van der Waals surface area contributed by atoms with Crippen molar-refractivity contribution < 1.29 is 28.3 Å². The van der Waals surface area contributed by atoms with Crippen LogP contribution in [-0.4, -0.2) is 30.4 Å². The van der Waals surface area contributed by atoms with Gasteiger partial charge in [0, 0.05) is 5.56 Å². The van der Waals surface area contributed by atoms with E-state index < -0.39 is 23.8 Å². The summed E-state index contributed by atoms with van der Waals surface area (Å²) in [6.07, 6.45) is 2.12. The lowest BCUT2D eigenvalue weighted by Gasteiger charge is -2.26. The maximum atomic E-state index is 13.0. The minimum absolute atomic E-state index is 0.224. The normalized spacial score (nSPS) is 14.9. The topological polar surface area (TPSA) is 106 Å². The van der Waals surface area contributed by atoms with E-state index in [1.54, 1.807) is 55.5 Å². The summed E-state index contributed by atoms with van der Waals surface area (Å²) in [5.74, 6) is -1.21. The van der Waals surface area contributed by atoms with Gasteiger partial charge in [0.15, 0.2) is 0 Å². The van der Waals surface area contributed by atoms with Crippen LogP contribution in [0.1, 0.15) is 35.5 Å². The smallest absolute Gasteiger partial charge is 0.338 e. The second-order valence-corrected chi connectivity index (χ2v) is 7.48. The molecule has 1 aromatic heterocycles. The first-order valence-electron chi connectivity index (χ1n) is 10.8. The van der Waals surface area contributed by atoms with Crippen LogP contribution in [0, 0.1) is 0 Å². The highest BCUT2D eigenvalue weighted by molar-refractivity contribution is 6.39. The van der Waals surface area contributed by atoms with Gasteiger partial charge in [0.05, 0.1) is 17.9 Å². The molecule has 1 saturated heterocycles. The molecule has 0 aliphatic carbocycles. The van der Waals surface area contributed by atoms with E-state index in [1.165, 1.54) is 6.08 Å². The summed E-state index contributed by atoms with van der Waals surface area (Å²) in [4.78, 5) is 50.5. The molecule has 0 saturated carbocycles. The lowest BCUT2D eigenvalue weighted by atomic mass is 10.1. The lowest BCUT2D eigenvalue weighted by molar-refractivity contribution is -0.122. The molecule has 0 bridgehead atoms. The number of ether oxygens (including phenoxy) is 1. The molecule has 4 rings (SSSR count). The number of nitrogens with zero attached hydrogens (tertiary/aromatic N) is 1. The molecule has 0 unspecified atom stereocenters. The van der Waals surface area contributed by atoms with Crippen molar-refractivity contribution in [1.82, 2.24) is 5.32 Å². The van der Waals surface area contributed by atoms with Gasteiger partial charge in [-0.2, -0.15) is 0 Å². The number of aryl methyl sites for hydroxylation is 1. The Kier molecular flexibility index (Phi) is 6.40. The average Bonchev–Trinajstić information content (AvgIpc) is 3.31. The zero-order valence-electron chi connectivity index (χ0n) is 18.7. The number of barbiturate groups is 1. The van der Waals surface area contributed by atoms with Gasteiger partial charge in [-0.3, -0.25) is 14.9 Å². The van der Waals surface area contributed by atoms with Gasteiger partial charge in [-0.05, 0) is 61.4 Å². The molecule has 2 heterocycles. The molecule has 1 aliphatic rings. The number of furan rings is 1. The number of imide groups is 2. The van der Waals surface area contributed by atoms with Crippen LogP contribution in [0.4, 0.5) is 10.5 Å². The first kappa shape index (κ1) is 22.7. The van der Waals surface area contributed by atoms with Gasteiger partial charge in [0.1, 0.15) is 17.1 Å². The van der Waals surface area contributed by atoms with Crippen LogP contribution in [0.2, 0.25) is 0 Å². The number of hydrogen-bond acceptors (Lipinski definition) is 6. The Morgan fingerprint density at radius 2 is 1.68 bits per heavy atom. The fourth-order valence-corrected chi connectivity index (χ4v) is 3.49. The van der Waals surface area contributed by atoms with Gasteiger partial charge >= 0.3 is 12.0 Å². The van der Waals surface area contributed by atoms with Gasteiger partial charge in [0.2, 0.25) is 0 Å². The molecule has 0 atom stereocenters. The van der Waals surface area contributed by atoms with Crippen LogP contribution in [0.3, 0.4) is 0 Å². The Labute approximate surface area is 195 Å². The number of esters is 1. The second-order valence-electron chi connectivity index (χ2n) is 7.48. The monoisotopic (exact) mass is 458 g/mol. The molecular weight excluding hydrogens is 436 g/mol. The quantitative estimate of drug-likeness (QED) is 0.334. The van der Waals surface area contributed by atoms with Crippen molar-refractivity contribution in [3.05, 3.63) is 83.1 Å². The van der Waals surface area contributed by atoms with E-state index in [0.717, 1.165) is 16.9 Å². The fourth-order valence-electron chi connectivity index (χ4n) is 3.49. The summed E-state index contributed by atoms with van der Waals surface area (Å²) in [5.41, 5.74) is 2.31. The molecule has 1 N–H and O–H groups in total. The average molecular weight is 458 g/mol. The van der Waals surface area contributed by atoms with Crippen molar-refractivity contribution in [2.75, 3.05) is 11.5 Å². The van der Waals surface area contributed by atoms with Gasteiger partial charge in [-0.15, -0.1) is 0 Å². The maximum absolute atomic E-state index is 13.0. The first-order chi connectivity index (χ1) is 16.4. The molecule has 0 radical (unpaired) electrons. The summed E-state index contributed by atoms with van der Waals surface area (Å²) >= 11 is 0. The number of amides is 4. The third kappa shape index (κ3) is 4.52. The third-order valence-corrected chi connectivity index (χ3v) is 5.30. The summed E-state index contributed by atoms with van der Waals surface area (Å²) < 4.78 is 10.8. The number of benzene rings is 2. The predicted molar refractivity (Wildman–Crippen MR) is 125 cm³/mol. The van der Waals surface area contributed by atoms with Gasteiger partial charge in [-0.1, -0.05) is 31.2 Å². The van der Waals surface area contributed by atoms with Crippen molar-refractivity contribution in [2.45, 2.75) is 20.3 Å². The zero-order chi connectivity index (χ0) is 24.2. The third-order valence-electron chi connectivity index (χ3n) is 5.30. The van der Waals surface area contributed by atoms with Gasteiger partial charge < -0.3 is 9.15 Å². The molecule has 34 heavy (non-hydrogen) atoms. The van der Waals surface area contributed by atoms with Crippen LogP contribution in [-0.2, 0) is 20.7 Å². The molecule has 1 fully saturated rings. The molecule has 0 spiro atoms. The highest BCUT2D eigenvalue weighted by Gasteiger charge is 2.37. The van der Waals surface area contributed by atoms with Crippen LogP contribution in [0.15, 0.2) is 70.7 Å². The number of urea groups is 1. The van der Waals surface area contributed by atoms with E-state index in [9.17, 15) is 19.2 Å². The molecule has 2 aromatic carbocycles. The summed E-state index contributed by atoms with van der Waals surface area (Å²) in [5, 5.41) is 2.20. The Balaban J connectivity index is 1.58. The Morgan fingerprint density at radius 1 is 0.971 bits per heavy atom. The number of hydrogen-bond donors (Lipinski definition) is 1. The number of anilines is 1. The minimum Gasteiger partial charge on any atom is -0.462 e. The first-order valence-corrected chi connectivity index (χ1v) is 10.8. The summed E-state index contributed by atoms with van der Waals surface area (Å²) in [6.45, 7) is 4.02. The van der Waals surface area contributed by atoms with Crippen molar-refractivity contribution in [1.29, 1.82) is 0 Å². The molecule has 8 heteroatoms. The number of carbonyl (C=O) groups is 4. The van der Waals surface area contributed by atoms with E-state index in [0.29, 0.717) is 22.6 Å². The van der Waals surface area contributed by atoms with Crippen molar-refractivity contribution in [3.63, 3.8) is 0 Å². The predicted octanol–water partition coefficient (Wildman–Crippen LogP) is 4.35. The standard InChI is InChI=1S/C26H22N2O6/c1-3-16-5-11-19(12-6-16)28-24(30)21(23(29)27-26(28)32)15-20-13-14-22(34-20)17-7-9-18(10-8-17)25(31)33-4-2/h5-15H,3-4H2,1-2H3,(H,27,29,32). The van der Waals surface area contributed by atoms with Crippen LogP contribution in [0.5, 0.6) is 0 Å². The van der Waals surface area contributed by atoms with Gasteiger partial charge in [0.25, 0.3) is 11.8 Å². The van der Waals surface area contributed by atoms with Crippen LogP contribution in [0.25, 0.3) is 17.4 Å². The molecule has 3 aromatic rings. The molecule has 172 valence electrons. The van der Waals surface area contributed by atoms with E-state index in [1.807, 2.05) is 19.1 Å². The Hall–Kier alpha value is -4.46. The zero-order valence-corrected chi connectivity index (χ0v) is 18.7. The minimum atomic E-state index is -0.807. The largest absolute Gasteiger partial charge is 0.462 e. The van der Waals surface area contributed by atoms with Crippen molar-refractivity contribution >= 4 is 35.6 Å². The molecule has 1 aliphatic heterocycles. The summed E-state index contributed by atoms with van der Waals surface area (Å²) in [6, 6.07) is 16.1. The molecule has 8 nitrogen and oxygen atoms in total. The molecular formula is C26H22N2O6. The van der Waals surface area contributed by atoms with E-state index in [-0.39, 0.29) is 17.9 Å². The highest BCUT2D eigenvalue weighted by atomic mass is 16.5. The fraction of sp³-hybridized carbons (Fsp3) is 0.154. The van der Waals surface area contributed by atoms with Crippen LogP contribution < -0.4 is 10.2 Å². The Morgan fingerprint density at radius 3 is 2.32 bits per heavy atom. The SMILES string of the molecule is CCOC(=O)c1ccc(-c2ccc(C=C3C(=O)NC(=O)N(c4ccc(CC)cc4)C3=O)o2)cc1. The van der Waals surface area contributed by atoms with E-state index >= 15 is 0 Å². The van der Waals surface area contributed by atoms with E-state index in [4.69, 9.17) is 9.15 Å². The van der Waals surface area contributed by atoms with Crippen molar-refractivity contribution in [3.8, 4) is 11.3 Å². The second kappa shape index (κ2) is 9.58. The maximum Gasteiger partial charge on any atom is 0.338 e. The summed E-state index contributed by atoms with van der Waals surface area (Å²) in [7, 11) is 0. The lowest BCUT2D eigenvalue weighted by Crippen LogP contribution is -2.54. The van der Waals surface area contributed by atoms with Gasteiger partial charge in [-0.25, -0.2) is 14.5 Å². The number of carbonyl (C=O) groups excluding carboxylic acids is 4. The van der Waals surface area contributed by atoms with Crippen LogP contribution >= 0.6 is 0 Å². The highest BCUT2D eigenvalue weighted by Crippen LogP contribution is 2.26. The molecule has 4 amide bonds. The van der Waals surface area contributed by atoms with E-state index in [2.05, 4.69) is 5.32 Å². The number of rotatable bonds is 6. The number of nitrogens with one attached hydrogen (secondary N) is 1. The van der Waals surface area contributed by atoms with Crippen molar-refractivity contribution in [2.24, 2.45) is 0 Å². The Bertz CT molecular complexity index is 1290.